The quantitative estimate of drug-likeness (QED) is 0.888. The number of carboxylic acid groups (broad SMARTS) is 1. The minimum absolute atomic E-state index is 0.0493. The minimum Gasteiger partial charge on any atom is -0.496 e. The van der Waals surface area contributed by atoms with Gasteiger partial charge >= 0.3 is 10.8 Å². The Kier molecular flexibility index (Phi) is 4.57. The van der Waals surface area contributed by atoms with Crippen LogP contribution in [0, 0.1) is 0 Å². The summed E-state index contributed by atoms with van der Waals surface area (Å²) in [6, 6.07) is 7.45. The number of nitrogens with zero attached hydrogens (tertiary/aromatic N) is 1. The summed E-state index contributed by atoms with van der Waals surface area (Å²) in [6.07, 6.45) is 0.474. The number of methoxy groups -OCH3 is 1. The van der Waals surface area contributed by atoms with Crippen LogP contribution in [0.2, 0.25) is 0 Å². The highest BCUT2D eigenvalue weighted by Crippen LogP contribution is 2.29. The second-order valence-corrected chi connectivity index (χ2v) is 5.06. The predicted octanol–water partition coefficient (Wildman–Crippen LogP) is 2.45. The lowest BCUT2D eigenvalue weighted by molar-refractivity contribution is -0.137. The van der Waals surface area contributed by atoms with Crippen LogP contribution >= 0.6 is 11.3 Å². The van der Waals surface area contributed by atoms with Gasteiger partial charge in [0, 0.05) is 23.9 Å². The van der Waals surface area contributed by atoms with E-state index in [9.17, 15) is 9.59 Å². The average Bonchev–Trinajstić information content (AvgIpc) is 2.80. The van der Waals surface area contributed by atoms with Gasteiger partial charge in [-0.25, -0.2) is 0 Å². The summed E-state index contributed by atoms with van der Waals surface area (Å²) in [6.45, 7) is 0.391. The van der Waals surface area contributed by atoms with Crippen molar-refractivity contribution in [1.29, 1.82) is 0 Å². The third-order valence-corrected chi connectivity index (χ3v) is 3.70. The molecule has 20 heavy (non-hydrogen) atoms. The van der Waals surface area contributed by atoms with E-state index in [-0.39, 0.29) is 11.3 Å². The van der Waals surface area contributed by atoms with Crippen LogP contribution in [0.15, 0.2) is 34.4 Å². The summed E-state index contributed by atoms with van der Waals surface area (Å²) >= 11 is 1.11. The lowest BCUT2D eigenvalue weighted by Gasteiger charge is -2.10. The van der Waals surface area contributed by atoms with Gasteiger partial charge in [0.2, 0.25) is 0 Å². The Bertz CT molecular complexity index is 659. The fraction of sp³-hybridized carbons (Fsp3) is 0.286. The Morgan fingerprint density at radius 1 is 1.40 bits per heavy atom. The molecule has 0 spiro atoms. The molecule has 0 atom stereocenters. The van der Waals surface area contributed by atoms with Gasteiger partial charge in [0.05, 0.1) is 12.8 Å². The Morgan fingerprint density at radius 3 is 2.85 bits per heavy atom. The van der Waals surface area contributed by atoms with E-state index in [2.05, 4.69) is 0 Å². The van der Waals surface area contributed by atoms with Crippen molar-refractivity contribution in [3.05, 3.63) is 39.3 Å². The monoisotopic (exact) mass is 293 g/mol. The van der Waals surface area contributed by atoms with Gasteiger partial charge in [0.15, 0.2) is 0 Å². The molecule has 0 amide bonds. The highest BCUT2D eigenvalue weighted by Gasteiger charge is 2.13. The summed E-state index contributed by atoms with van der Waals surface area (Å²) in [5, 5.41) is 10.5. The molecule has 0 radical (unpaired) electrons. The smallest absolute Gasteiger partial charge is 0.307 e. The van der Waals surface area contributed by atoms with E-state index in [4.69, 9.17) is 9.84 Å². The molecule has 0 aliphatic rings. The fourth-order valence-corrected chi connectivity index (χ4v) is 2.78. The summed E-state index contributed by atoms with van der Waals surface area (Å²) in [5.74, 6) is -0.163. The van der Waals surface area contributed by atoms with Crippen molar-refractivity contribution in [2.45, 2.75) is 19.4 Å². The number of aliphatic carboxylic acids is 1. The maximum atomic E-state index is 11.9. The van der Waals surface area contributed by atoms with Crippen molar-refractivity contribution in [3.63, 3.8) is 0 Å². The van der Waals surface area contributed by atoms with Crippen LogP contribution in [-0.4, -0.2) is 22.8 Å². The number of thiazole rings is 1. The van der Waals surface area contributed by atoms with Gasteiger partial charge in [0.25, 0.3) is 0 Å². The Balaban J connectivity index is 2.33. The van der Waals surface area contributed by atoms with E-state index in [1.807, 2.05) is 24.3 Å². The normalized spacial score (nSPS) is 10.4. The number of ether oxygens (including phenoxy) is 1. The van der Waals surface area contributed by atoms with E-state index in [1.54, 1.807) is 17.1 Å². The summed E-state index contributed by atoms with van der Waals surface area (Å²) in [7, 11) is 1.58. The minimum atomic E-state index is -0.855. The fourth-order valence-electron chi connectivity index (χ4n) is 2.00. The molecule has 0 unspecified atom stereocenters. The molecular weight excluding hydrogens is 278 g/mol. The number of aromatic nitrogens is 1. The third-order valence-electron chi connectivity index (χ3n) is 2.94. The molecule has 0 aliphatic carbocycles. The van der Waals surface area contributed by atoms with E-state index in [0.717, 1.165) is 22.6 Å². The first kappa shape index (κ1) is 14.3. The first-order valence-corrected chi connectivity index (χ1v) is 7.05. The second-order valence-electron chi connectivity index (χ2n) is 4.24. The van der Waals surface area contributed by atoms with Gasteiger partial charge in [-0.1, -0.05) is 23.5 Å². The Labute approximate surface area is 120 Å². The van der Waals surface area contributed by atoms with E-state index < -0.39 is 5.97 Å². The molecule has 1 heterocycles. The van der Waals surface area contributed by atoms with Gasteiger partial charge in [-0.3, -0.25) is 14.2 Å². The highest BCUT2D eigenvalue weighted by molar-refractivity contribution is 7.07. The molecule has 1 aromatic carbocycles. The summed E-state index contributed by atoms with van der Waals surface area (Å²) < 4.78 is 6.90. The van der Waals surface area contributed by atoms with Gasteiger partial charge in [-0.05, 0) is 18.6 Å². The number of para-hydroxylation sites is 1. The topological polar surface area (TPSA) is 68.5 Å². The molecule has 0 bridgehead atoms. The number of hydrogen-bond acceptors (Lipinski definition) is 4. The van der Waals surface area contributed by atoms with Crippen LogP contribution in [0.4, 0.5) is 0 Å². The Morgan fingerprint density at radius 2 is 2.15 bits per heavy atom. The molecule has 0 aliphatic heterocycles. The third kappa shape index (κ3) is 3.08. The second kappa shape index (κ2) is 6.38. The van der Waals surface area contributed by atoms with E-state index in [1.165, 1.54) is 0 Å². The molecule has 2 aromatic rings. The van der Waals surface area contributed by atoms with Gasteiger partial charge in [-0.15, -0.1) is 0 Å². The number of benzene rings is 1. The number of hydrogen-bond donors (Lipinski definition) is 1. The van der Waals surface area contributed by atoms with Crippen molar-refractivity contribution in [1.82, 2.24) is 4.57 Å². The SMILES string of the molecule is COc1ccccc1-c1csc(=O)n1CCCC(=O)O. The molecule has 0 fully saturated rings. The first-order chi connectivity index (χ1) is 9.63. The van der Waals surface area contributed by atoms with E-state index in [0.29, 0.717) is 18.7 Å². The summed E-state index contributed by atoms with van der Waals surface area (Å²) in [4.78, 5) is 22.4. The number of carbonyl (C=O) groups is 1. The van der Waals surface area contributed by atoms with E-state index >= 15 is 0 Å². The van der Waals surface area contributed by atoms with Crippen LogP contribution in [0.3, 0.4) is 0 Å². The first-order valence-electron chi connectivity index (χ1n) is 6.17. The average molecular weight is 293 g/mol. The molecule has 1 aromatic heterocycles. The zero-order chi connectivity index (χ0) is 14.5. The van der Waals surface area contributed by atoms with Crippen molar-refractivity contribution in [2.24, 2.45) is 0 Å². The Hall–Kier alpha value is -2.08. The van der Waals surface area contributed by atoms with Crippen molar-refractivity contribution < 1.29 is 14.6 Å². The lowest BCUT2D eigenvalue weighted by Crippen LogP contribution is -2.15. The number of rotatable bonds is 6. The molecule has 0 saturated carbocycles. The van der Waals surface area contributed by atoms with Crippen LogP contribution < -0.4 is 9.61 Å². The molecule has 0 saturated heterocycles. The van der Waals surface area contributed by atoms with Crippen molar-refractivity contribution in [3.8, 4) is 17.0 Å². The van der Waals surface area contributed by atoms with Gasteiger partial charge in [0.1, 0.15) is 5.75 Å². The maximum absolute atomic E-state index is 11.9. The van der Waals surface area contributed by atoms with Crippen LogP contribution in [0.5, 0.6) is 5.75 Å². The largest absolute Gasteiger partial charge is 0.496 e. The number of carboxylic acids is 1. The molecule has 2 rings (SSSR count). The van der Waals surface area contributed by atoms with Crippen LogP contribution in [-0.2, 0) is 11.3 Å². The van der Waals surface area contributed by atoms with Crippen LogP contribution in [0.1, 0.15) is 12.8 Å². The van der Waals surface area contributed by atoms with Crippen LogP contribution in [0.25, 0.3) is 11.3 Å². The van der Waals surface area contributed by atoms with Crippen molar-refractivity contribution in [2.75, 3.05) is 7.11 Å². The highest BCUT2D eigenvalue weighted by atomic mass is 32.1. The zero-order valence-electron chi connectivity index (χ0n) is 11.0. The molecule has 106 valence electrons. The zero-order valence-corrected chi connectivity index (χ0v) is 11.9. The lowest BCUT2D eigenvalue weighted by atomic mass is 10.1. The molecule has 5 nitrogen and oxygen atoms in total. The van der Waals surface area contributed by atoms with Gasteiger partial charge in [-0.2, -0.15) is 0 Å². The molecule has 1 N–H and O–H groups in total. The standard InChI is InChI=1S/C14H15NO4S/c1-19-12-6-3-2-5-10(12)11-9-20-14(18)15(11)8-4-7-13(16)17/h2-3,5-6,9H,4,7-8H2,1H3,(H,16,17). The van der Waals surface area contributed by atoms with Gasteiger partial charge < -0.3 is 9.84 Å². The summed E-state index contributed by atoms with van der Waals surface area (Å²) in [5.41, 5.74) is 1.60. The van der Waals surface area contributed by atoms with Crippen molar-refractivity contribution >= 4 is 17.3 Å². The molecule has 6 heteroatoms. The molecular formula is C14H15NO4S. The maximum Gasteiger partial charge on any atom is 0.307 e. The predicted molar refractivity (Wildman–Crippen MR) is 77.4 cm³/mol.